The van der Waals surface area contributed by atoms with Gasteiger partial charge in [-0.1, -0.05) is 37.8 Å². The second kappa shape index (κ2) is 16.5. The Balaban J connectivity index is 0.000000121. The number of hydrogen-bond donors (Lipinski definition) is 4. The number of nitriles is 1. The van der Waals surface area contributed by atoms with Crippen LogP contribution in [0.4, 0.5) is 23.3 Å². The lowest BCUT2D eigenvalue weighted by Crippen LogP contribution is -2.42. The Morgan fingerprint density at radius 1 is 0.721 bits per heavy atom. The lowest BCUT2D eigenvalue weighted by atomic mass is 9.79. The third-order valence-corrected chi connectivity index (χ3v) is 15.7. The molecule has 6 aromatic heterocycles. The van der Waals surface area contributed by atoms with E-state index >= 15 is 0 Å². The van der Waals surface area contributed by atoms with Crippen LogP contribution in [0.15, 0.2) is 91.8 Å². The number of nitrogens with one attached hydrogen (secondary N) is 2. The van der Waals surface area contributed by atoms with Crippen molar-refractivity contribution in [3.63, 3.8) is 0 Å². The maximum absolute atomic E-state index is 13.5. The van der Waals surface area contributed by atoms with E-state index in [2.05, 4.69) is 66.2 Å². The molecule has 9 heterocycles. The highest BCUT2D eigenvalue weighted by atomic mass is 28.3. The molecule has 0 saturated carbocycles. The smallest absolute Gasteiger partial charge is 0.354 e. The number of carbonyl (C=O) groups excluding carboxylic acids is 3. The molecule has 6 aliphatic rings. The number of rotatable bonds is 6. The molecule has 68 heavy (non-hydrogen) atoms. The van der Waals surface area contributed by atoms with E-state index < -0.39 is 30.3 Å². The fourth-order valence-electron chi connectivity index (χ4n) is 10.5. The molecule has 5 N–H and O–H groups in total. The van der Waals surface area contributed by atoms with Crippen LogP contribution in [0, 0.1) is 11.3 Å². The van der Waals surface area contributed by atoms with Crippen LogP contribution < -0.4 is 21.3 Å². The van der Waals surface area contributed by atoms with Gasteiger partial charge in [0.1, 0.15) is 47.5 Å². The van der Waals surface area contributed by atoms with Crippen LogP contribution in [-0.4, -0.2) is 80.1 Å². The van der Waals surface area contributed by atoms with E-state index in [1.807, 2.05) is 42.5 Å². The van der Waals surface area contributed by atoms with Crippen molar-refractivity contribution in [2.75, 3.05) is 34.6 Å². The molecule has 3 aliphatic heterocycles. The summed E-state index contributed by atoms with van der Waals surface area (Å²) in [4.78, 5) is 76.3. The number of hydrogen-bond acceptors (Lipinski definition) is 13. The Labute approximate surface area is 392 Å². The van der Waals surface area contributed by atoms with Gasteiger partial charge < -0.3 is 26.2 Å². The highest BCUT2D eigenvalue weighted by molar-refractivity contribution is 6.76. The molecule has 342 valence electrons. The number of anilines is 4. The Kier molecular flexibility index (Phi) is 10.7. The standard InChI is InChI=1S/C21H24N4O2Si.C15H11N3O3.C14H12N4O/c1-28(2,3)8-7-27-14-25-19-18(5-4-6-23-19)21(20(25)26)10-15-9-17(12-22)24-13-16(15)11-21;19-13(20)11-4-8-5-15(6-9(8)7-17-11)10-2-1-3-16-12(10)18-14(15)21;15-11-4-8-5-14(6-9(8)7-17-11)10-2-1-3-16-12(10)18-13(14)19/h4-6,9,13H,7-8,10-11,14H2,1-3H3;1-4,7H,5-6H2,(H,19,20)(H,16,18,21);1-4,7H,5-6H2,(H2,15,17)(H,16,18,19). The van der Waals surface area contributed by atoms with Crippen LogP contribution in [0.5, 0.6) is 0 Å². The molecule has 3 amide bonds. The average Bonchev–Trinajstić information content (AvgIpc) is 4.16. The molecule has 0 bridgehead atoms. The predicted octanol–water partition coefficient (Wildman–Crippen LogP) is 5.25. The summed E-state index contributed by atoms with van der Waals surface area (Å²) in [5.74, 6) is 1.39. The van der Waals surface area contributed by atoms with Crippen molar-refractivity contribution in [1.29, 1.82) is 5.26 Å². The number of nitrogens with two attached hydrogens (primary N) is 1. The Morgan fingerprint density at radius 2 is 1.24 bits per heavy atom. The van der Waals surface area contributed by atoms with E-state index in [0.717, 1.165) is 56.1 Å². The van der Waals surface area contributed by atoms with Crippen molar-refractivity contribution in [1.82, 2.24) is 29.9 Å². The first-order chi connectivity index (χ1) is 32.6. The third kappa shape index (κ3) is 7.43. The molecule has 0 aromatic carbocycles. The van der Waals surface area contributed by atoms with Gasteiger partial charge in [0, 0.05) is 68.6 Å². The minimum absolute atomic E-state index is 0.00983. The van der Waals surface area contributed by atoms with Crippen molar-refractivity contribution in [2.45, 2.75) is 80.5 Å². The average molecular weight is 926 g/mol. The SMILES string of the molecule is C[Si](C)(C)CCOCN1C(=O)C2(Cc3cnc(C#N)cc3C2)c2cccnc21.Nc1cc2c(cn1)CC1(C2)C(=O)Nc2ncccc21.O=C(O)c1cc2c(cn1)CC1(C2)C(=O)Nc2ncccc21. The summed E-state index contributed by atoms with van der Waals surface area (Å²) in [6.07, 6.45) is 13.6. The summed E-state index contributed by atoms with van der Waals surface area (Å²) in [7, 11) is -1.18. The van der Waals surface area contributed by atoms with Gasteiger partial charge in [0.2, 0.25) is 17.7 Å². The molecule has 17 nitrogen and oxygen atoms in total. The number of ether oxygens (including phenoxy) is 1. The number of fused-ring (bicyclic) bond motifs is 9. The van der Waals surface area contributed by atoms with Gasteiger partial charge in [0.05, 0.1) is 16.2 Å². The van der Waals surface area contributed by atoms with E-state index in [9.17, 15) is 19.2 Å². The number of nitrogens with zero attached hydrogens (tertiary/aromatic N) is 8. The summed E-state index contributed by atoms with van der Waals surface area (Å²) in [6, 6.07) is 19.8. The van der Waals surface area contributed by atoms with Crippen LogP contribution in [0.3, 0.4) is 0 Å². The Bertz CT molecular complexity index is 3150. The highest BCUT2D eigenvalue weighted by Gasteiger charge is 2.55. The summed E-state index contributed by atoms with van der Waals surface area (Å²) in [5.41, 5.74) is 13.1. The van der Waals surface area contributed by atoms with Crippen LogP contribution in [-0.2, 0) is 73.9 Å². The van der Waals surface area contributed by atoms with Gasteiger partial charge in [0.25, 0.3) is 0 Å². The van der Waals surface area contributed by atoms with E-state index in [1.165, 1.54) is 0 Å². The lowest BCUT2D eigenvalue weighted by molar-refractivity contribution is -0.124. The molecule has 3 spiro atoms. The van der Waals surface area contributed by atoms with Gasteiger partial charge in [-0.2, -0.15) is 5.26 Å². The first kappa shape index (κ1) is 44.1. The summed E-state index contributed by atoms with van der Waals surface area (Å²) < 4.78 is 5.88. The zero-order valence-electron chi connectivity index (χ0n) is 37.7. The van der Waals surface area contributed by atoms with Crippen molar-refractivity contribution in [3.05, 3.63) is 153 Å². The van der Waals surface area contributed by atoms with E-state index in [1.54, 1.807) is 54.2 Å². The quantitative estimate of drug-likeness (QED) is 0.123. The number of aromatic carboxylic acids is 1. The van der Waals surface area contributed by atoms with Gasteiger partial charge in [-0.3, -0.25) is 19.3 Å². The Morgan fingerprint density at radius 3 is 1.84 bits per heavy atom. The second-order valence-corrected chi connectivity index (χ2v) is 25.1. The number of pyridine rings is 6. The first-order valence-corrected chi connectivity index (χ1v) is 26.1. The molecular weight excluding hydrogens is 879 g/mol. The zero-order valence-corrected chi connectivity index (χ0v) is 38.7. The zero-order chi connectivity index (χ0) is 47.6. The van der Waals surface area contributed by atoms with Gasteiger partial charge >= 0.3 is 5.97 Å². The van der Waals surface area contributed by atoms with Crippen LogP contribution >= 0.6 is 0 Å². The molecule has 3 unspecified atom stereocenters. The van der Waals surface area contributed by atoms with Crippen molar-refractivity contribution in [3.8, 4) is 6.07 Å². The van der Waals surface area contributed by atoms with Gasteiger partial charge in [-0.05, 0) is 114 Å². The maximum Gasteiger partial charge on any atom is 0.354 e. The minimum Gasteiger partial charge on any atom is -0.477 e. The van der Waals surface area contributed by atoms with Crippen molar-refractivity contribution in [2.24, 2.45) is 0 Å². The normalized spacial score (nSPS) is 21.7. The fraction of sp³-hybridized carbons (Fsp3) is 0.300. The Hall–Kier alpha value is -7.75. The van der Waals surface area contributed by atoms with Crippen LogP contribution in [0.25, 0.3) is 0 Å². The van der Waals surface area contributed by atoms with E-state index in [4.69, 9.17) is 20.8 Å². The predicted molar refractivity (Wildman–Crippen MR) is 252 cm³/mol. The van der Waals surface area contributed by atoms with Gasteiger partial charge in [-0.15, -0.1) is 0 Å². The second-order valence-electron chi connectivity index (χ2n) is 19.4. The fourth-order valence-corrected chi connectivity index (χ4v) is 11.3. The van der Waals surface area contributed by atoms with E-state index in [0.29, 0.717) is 74.1 Å². The lowest BCUT2D eigenvalue weighted by Gasteiger charge is -2.23. The molecule has 0 radical (unpaired) electrons. The number of carbonyl (C=O) groups is 4. The van der Waals surface area contributed by atoms with Gasteiger partial charge in [-0.25, -0.2) is 34.7 Å². The maximum atomic E-state index is 13.5. The number of nitrogen functional groups attached to an aromatic ring is 1. The molecule has 12 rings (SSSR count). The van der Waals surface area contributed by atoms with Crippen LogP contribution in [0.1, 0.15) is 66.3 Å². The molecule has 3 aliphatic carbocycles. The topological polar surface area (TPSA) is 252 Å². The number of amides is 3. The minimum atomic E-state index is -1.18. The third-order valence-electron chi connectivity index (χ3n) is 14.0. The molecular formula is C50H47N11O6Si. The monoisotopic (exact) mass is 925 g/mol. The molecule has 0 fully saturated rings. The molecule has 18 heteroatoms. The number of aromatic nitrogens is 6. The summed E-state index contributed by atoms with van der Waals surface area (Å²) >= 11 is 0. The largest absolute Gasteiger partial charge is 0.477 e. The number of carboxylic acids is 1. The highest BCUT2D eigenvalue weighted by Crippen LogP contribution is 2.50. The number of carboxylic acid groups (broad SMARTS) is 1. The molecule has 0 saturated heterocycles. The van der Waals surface area contributed by atoms with Crippen LogP contribution in [0.2, 0.25) is 25.7 Å². The van der Waals surface area contributed by atoms with E-state index in [-0.39, 0.29) is 30.1 Å². The van der Waals surface area contributed by atoms with Crippen molar-refractivity contribution >= 4 is 55.0 Å². The van der Waals surface area contributed by atoms with Gasteiger partial charge in [0.15, 0.2) is 0 Å². The van der Waals surface area contributed by atoms with Crippen molar-refractivity contribution < 1.29 is 29.0 Å². The summed E-state index contributed by atoms with van der Waals surface area (Å²) in [6.45, 7) is 7.81. The molecule has 3 atom stereocenters. The summed E-state index contributed by atoms with van der Waals surface area (Å²) in [5, 5.41) is 23.9. The first-order valence-electron chi connectivity index (χ1n) is 22.3. The molecule has 6 aromatic rings.